The smallest absolute Gasteiger partial charge is 0.325 e. The van der Waals surface area contributed by atoms with Gasteiger partial charge in [0.25, 0.3) is 11.8 Å². The van der Waals surface area contributed by atoms with Gasteiger partial charge in [0.15, 0.2) is 6.61 Å². The predicted molar refractivity (Wildman–Crippen MR) is 121 cm³/mol. The molecule has 2 N–H and O–H groups in total. The monoisotopic (exact) mass is 429 g/mol. The molecule has 0 aromatic heterocycles. The van der Waals surface area contributed by atoms with E-state index < -0.39 is 24.4 Å². The number of hydrazone groups is 1. The molecule has 32 heavy (non-hydrogen) atoms. The van der Waals surface area contributed by atoms with Crippen LogP contribution in [0.3, 0.4) is 0 Å². The number of rotatable bonds is 8. The summed E-state index contributed by atoms with van der Waals surface area (Å²) in [4.78, 5) is 36.0. The van der Waals surface area contributed by atoms with Crippen LogP contribution in [0, 0.1) is 6.92 Å². The van der Waals surface area contributed by atoms with Crippen molar-refractivity contribution < 1.29 is 19.1 Å². The van der Waals surface area contributed by atoms with E-state index in [-0.39, 0.29) is 6.54 Å². The standard InChI is InChI=1S/C25H23N3O4/c1-18-12-14-21(15-13-18)25(31)26-16-23(30)32-17-22(29)27-28-24(19-8-4-2-5-9-19)20-10-6-3-7-11-20/h2-15H,16-17H2,1H3,(H,26,31)(H,27,29). The molecule has 3 rings (SSSR count). The van der Waals surface area contributed by atoms with Crippen LogP contribution in [0.1, 0.15) is 27.0 Å². The second-order valence-electron chi connectivity index (χ2n) is 6.94. The van der Waals surface area contributed by atoms with Gasteiger partial charge in [0.05, 0.1) is 5.71 Å². The third-order valence-electron chi connectivity index (χ3n) is 4.46. The van der Waals surface area contributed by atoms with Crippen LogP contribution < -0.4 is 10.7 Å². The zero-order chi connectivity index (χ0) is 22.8. The van der Waals surface area contributed by atoms with Gasteiger partial charge in [-0.05, 0) is 19.1 Å². The van der Waals surface area contributed by atoms with Gasteiger partial charge >= 0.3 is 5.97 Å². The number of esters is 1. The van der Waals surface area contributed by atoms with E-state index >= 15 is 0 Å². The molecule has 162 valence electrons. The van der Waals surface area contributed by atoms with Crippen molar-refractivity contribution in [1.82, 2.24) is 10.7 Å². The zero-order valence-electron chi connectivity index (χ0n) is 17.6. The number of amides is 2. The van der Waals surface area contributed by atoms with Gasteiger partial charge in [-0.25, -0.2) is 5.43 Å². The summed E-state index contributed by atoms with van der Waals surface area (Å²) in [7, 11) is 0. The topological polar surface area (TPSA) is 96.9 Å². The van der Waals surface area contributed by atoms with E-state index in [1.807, 2.05) is 67.6 Å². The highest BCUT2D eigenvalue weighted by atomic mass is 16.5. The summed E-state index contributed by atoms with van der Waals surface area (Å²) >= 11 is 0. The van der Waals surface area contributed by atoms with Crippen molar-refractivity contribution in [1.29, 1.82) is 0 Å². The average molecular weight is 429 g/mol. The second-order valence-corrected chi connectivity index (χ2v) is 6.94. The Morgan fingerprint density at radius 2 is 1.34 bits per heavy atom. The Morgan fingerprint density at radius 3 is 1.91 bits per heavy atom. The van der Waals surface area contributed by atoms with Crippen LogP contribution in [-0.2, 0) is 14.3 Å². The number of aryl methyl sites for hydroxylation is 1. The van der Waals surface area contributed by atoms with Gasteiger partial charge < -0.3 is 10.1 Å². The molecule has 0 bridgehead atoms. The van der Waals surface area contributed by atoms with E-state index in [2.05, 4.69) is 15.8 Å². The quantitative estimate of drug-likeness (QED) is 0.327. The molecule has 7 nitrogen and oxygen atoms in total. The Bertz CT molecular complexity index is 1050. The molecule has 0 unspecified atom stereocenters. The number of carbonyl (C=O) groups excluding carboxylic acids is 3. The first kappa shape index (κ1) is 22.4. The molecule has 0 aliphatic carbocycles. The minimum absolute atomic E-state index is 0.345. The Balaban J connectivity index is 1.51. The lowest BCUT2D eigenvalue weighted by Crippen LogP contribution is -2.33. The normalized spacial score (nSPS) is 10.0. The van der Waals surface area contributed by atoms with Crippen LogP contribution >= 0.6 is 0 Å². The van der Waals surface area contributed by atoms with Crippen LogP contribution in [-0.4, -0.2) is 36.6 Å². The van der Waals surface area contributed by atoms with Gasteiger partial charge in [-0.15, -0.1) is 0 Å². The number of hydrogen-bond donors (Lipinski definition) is 2. The maximum Gasteiger partial charge on any atom is 0.325 e. The highest BCUT2D eigenvalue weighted by molar-refractivity contribution is 6.13. The molecule has 7 heteroatoms. The second kappa shape index (κ2) is 11.2. The molecule has 0 atom stereocenters. The summed E-state index contributed by atoms with van der Waals surface area (Å²) in [5, 5.41) is 6.68. The molecular weight excluding hydrogens is 406 g/mol. The lowest BCUT2D eigenvalue weighted by molar-refractivity contribution is -0.147. The van der Waals surface area contributed by atoms with E-state index in [0.29, 0.717) is 11.3 Å². The maximum atomic E-state index is 12.1. The Labute approximate surface area is 186 Å². The van der Waals surface area contributed by atoms with Crippen LogP contribution in [0.5, 0.6) is 0 Å². The van der Waals surface area contributed by atoms with E-state index in [9.17, 15) is 14.4 Å². The van der Waals surface area contributed by atoms with Crippen LogP contribution in [0.4, 0.5) is 0 Å². The van der Waals surface area contributed by atoms with Gasteiger partial charge in [-0.1, -0.05) is 78.4 Å². The van der Waals surface area contributed by atoms with Crippen molar-refractivity contribution in [3.8, 4) is 0 Å². The summed E-state index contributed by atoms with van der Waals surface area (Å²) in [6, 6.07) is 25.8. The molecule has 0 aliphatic rings. The fourth-order valence-electron chi connectivity index (χ4n) is 2.79. The number of nitrogens with one attached hydrogen (secondary N) is 2. The summed E-state index contributed by atoms with van der Waals surface area (Å²) < 4.78 is 4.92. The van der Waals surface area contributed by atoms with Crippen molar-refractivity contribution >= 4 is 23.5 Å². The van der Waals surface area contributed by atoms with Crippen LogP contribution in [0.25, 0.3) is 0 Å². The molecule has 0 saturated carbocycles. The summed E-state index contributed by atoms with van der Waals surface area (Å²) in [5.74, 6) is -1.71. The zero-order valence-corrected chi connectivity index (χ0v) is 17.6. The number of hydrogen-bond acceptors (Lipinski definition) is 5. The van der Waals surface area contributed by atoms with Gasteiger partial charge in [-0.2, -0.15) is 5.10 Å². The van der Waals surface area contributed by atoms with Crippen molar-refractivity contribution in [2.24, 2.45) is 5.10 Å². The number of carbonyl (C=O) groups is 3. The lowest BCUT2D eigenvalue weighted by Gasteiger charge is -2.09. The maximum absolute atomic E-state index is 12.1. The number of ether oxygens (including phenoxy) is 1. The predicted octanol–water partition coefficient (Wildman–Crippen LogP) is 2.84. The minimum atomic E-state index is -0.726. The summed E-state index contributed by atoms with van der Waals surface area (Å²) in [6.07, 6.45) is 0. The average Bonchev–Trinajstić information content (AvgIpc) is 2.83. The molecule has 0 saturated heterocycles. The Kier molecular flexibility index (Phi) is 7.86. The first-order valence-corrected chi connectivity index (χ1v) is 10.0. The molecule has 3 aromatic carbocycles. The third-order valence-corrected chi connectivity index (χ3v) is 4.46. The fourth-order valence-corrected chi connectivity index (χ4v) is 2.79. The van der Waals surface area contributed by atoms with Crippen molar-refractivity contribution in [3.05, 3.63) is 107 Å². The fraction of sp³-hybridized carbons (Fsp3) is 0.120. The van der Waals surface area contributed by atoms with Gasteiger partial charge in [0.1, 0.15) is 6.54 Å². The van der Waals surface area contributed by atoms with E-state index in [4.69, 9.17) is 4.74 Å². The molecular formula is C25H23N3O4. The molecule has 3 aromatic rings. The van der Waals surface area contributed by atoms with Gasteiger partial charge in [0, 0.05) is 16.7 Å². The first-order chi connectivity index (χ1) is 15.5. The van der Waals surface area contributed by atoms with Crippen LogP contribution in [0.15, 0.2) is 90.0 Å². The largest absolute Gasteiger partial charge is 0.454 e. The molecule has 2 amide bonds. The van der Waals surface area contributed by atoms with Crippen molar-refractivity contribution in [3.63, 3.8) is 0 Å². The lowest BCUT2D eigenvalue weighted by atomic mass is 10.0. The van der Waals surface area contributed by atoms with E-state index in [1.165, 1.54) is 0 Å². The highest BCUT2D eigenvalue weighted by Crippen LogP contribution is 2.10. The number of benzene rings is 3. The highest BCUT2D eigenvalue weighted by Gasteiger charge is 2.12. The minimum Gasteiger partial charge on any atom is -0.454 e. The Morgan fingerprint density at radius 1 is 0.781 bits per heavy atom. The molecule has 0 radical (unpaired) electrons. The van der Waals surface area contributed by atoms with Crippen molar-refractivity contribution in [2.75, 3.05) is 13.2 Å². The first-order valence-electron chi connectivity index (χ1n) is 10.0. The van der Waals surface area contributed by atoms with Gasteiger partial charge in [-0.3, -0.25) is 14.4 Å². The van der Waals surface area contributed by atoms with Crippen LogP contribution in [0.2, 0.25) is 0 Å². The molecule has 0 heterocycles. The third kappa shape index (κ3) is 6.63. The number of nitrogens with zero attached hydrogens (tertiary/aromatic N) is 1. The van der Waals surface area contributed by atoms with E-state index in [0.717, 1.165) is 16.7 Å². The molecule has 0 spiro atoms. The Hall–Kier alpha value is -4.26. The summed E-state index contributed by atoms with van der Waals surface area (Å²) in [5.41, 5.74) is 6.11. The summed E-state index contributed by atoms with van der Waals surface area (Å²) in [6.45, 7) is 1.05. The molecule has 0 fully saturated rings. The molecule has 0 aliphatic heterocycles. The van der Waals surface area contributed by atoms with E-state index in [1.54, 1.807) is 24.3 Å². The van der Waals surface area contributed by atoms with Gasteiger partial charge in [0.2, 0.25) is 0 Å². The van der Waals surface area contributed by atoms with Crippen molar-refractivity contribution in [2.45, 2.75) is 6.92 Å². The SMILES string of the molecule is Cc1ccc(C(=O)NCC(=O)OCC(=O)NN=C(c2ccccc2)c2ccccc2)cc1.